The third-order valence-corrected chi connectivity index (χ3v) is 3.49. The number of rotatable bonds is 8. The zero-order valence-electron chi connectivity index (χ0n) is 12.7. The van der Waals surface area contributed by atoms with Crippen molar-refractivity contribution in [2.45, 2.75) is 58.2 Å². The van der Waals surface area contributed by atoms with E-state index < -0.39 is 12.2 Å². The summed E-state index contributed by atoms with van der Waals surface area (Å²) in [7, 11) is 0. The van der Waals surface area contributed by atoms with E-state index in [-0.39, 0.29) is 11.8 Å². The van der Waals surface area contributed by atoms with Crippen molar-refractivity contribution in [2.24, 2.45) is 0 Å². The second-order valence-corrected chi connectivity index (χ2v) is 5.42. The number of hydrogen-bond donors (Lipinski definition) is 1. The molecule has 0 amide bonds. The normalized spacial score (nSPS) is 15.3. The van der Waals surface area contributed by atoms with Gasteiger partial charge in [0.25, 0.3) is 0 Å². The fraction of sp³-hybridized carbons (Fsp3) is 0.562. The van der Waals surface area contributed by atoms with Crippen LogP contribution in [0.15, 0.2) is 24.3 Å². The SMILES string of the molecule is CCC(C)NC(C)(C#N)CCc1ccc(OC(F)F)cc1. The molecule has 0 aliphatic rings. The number of nitriles is 1. The number of ether oxygens (including phenoxy) is 1. The van der Waals surface area contributed by atoms with Gasteiger partial charge < -0.3 is 4.74 Å². The van der Waals surface area contributed by atoms with E-state index in [2.05, 4.69) is 23.0 Å². The van der Waals surface area contributed by atoms with E-state index in [1.807, 2.05) is 13.8 Å². The summed E-state index contributed by atoms with van der Waals surface area (Å²) < 4.78 is 28.4. The second-order valence-electron chi connectivity index (χ2n) is 5.42. The van der Waals surface area contributed by atoms with E-state index in [0.717, 1.165) is 12.0 Å². The zero-order valence-corrected chi connectivity index (χ0v) is 12.7. The van der Waals surface area contributed by atoms with Crippen molar-refractivity contribution in [3.8, 4) is 11.8 Å². The number of nitrogens with zero attached hydrogens (tertiary/aromatic N) is 1. The molecule has 21 heavy (non-hydrogen) atoms. The third kappa shape index (κ3) is 6.09. The fourth-order valence-corrected chi connectivity index (χ4v) is 2.04. The molecular weight excluding hydrogens is 274 g/mol. The molecule has 0 bridgehead atoms. The van der Waals surface area contributed by atoms with Gasteiger partial charge in [0.1, 0.15) is 11.3 Å². The highest BCUT2D eigenvalue weighted by Crippen LogP contribution is 2.19. The van der Waals surface area contributed by atoms with Gasteiger partial charge in [0, 0.05) is 6.04 Å². The average molecular weight is 296 g/mol. The van der Waals surface area contributed by atoms with Crippen molar-refractivity contribution in [3.63, 3.8) is 0 Å². The lowest BCUT2D eigenvalue weighted by Gasteiger charge is -2.27. The van der Waals surface area contributed by atoms with Crippen molar-refractivity contribution >= 4 is 0 Å². The molecule has 1 rings (SSSR count). The van der Waals surface area contributed by atoms with Crippen LogP contribution >= 0.6 is 0 Å². The highest BCUT2D eigenvalue weighted by atomic mass is 19.3. The first-order valence-corrected chi connectivity index (χ1v) is 7.11. The largest absolute Gasteiger partial charge is 0.435 e. The number of halogens is 2. The van der Waals surface area contributed by atoms with Gasteiger partial charge in [-0.25, -0.2) is 0 Å². The number of benzene rings is 1. The van der Waals surface area contributed by atoms with Crippen molar-refractivity contribution in [1.82, 2.24) is 5.32 Å². The van der Waals surface area contributed by atoms with E-state index >= 15 is 0 Å². The Hall–Kier alpha value is -1.67. The van der Waals surface area contributed by atoms with Gasteiger partial charge in [-0.2, -0.15) is 14.0 Å². The summed E-state index contributed by atoms with van der Waals surface area (Å²) in [5.74, 6) is 0.148. The first-order chi connectivity index (χ1) is 9.88. The van der Waals surface area contributed by atoms with E-state index in [4.69, 9.17) is 0 Å². The summed E-state index contributed by atoms with van der Waals surface area (Å²) in [5, 5.41) is 12.7. The molecule has 2 atom stereocenters. The average Bonchev–Trinajstić information content (AvgIpc) is 2.46. The molecular formula is C16H22F2N2O. The lowest BCUT2D eigenvalue weighted by atomic mass is 9.93. The van der Waals surface area contributed by atoms with Gasteiger partial charge in [0.05, 0.1) is 6.07 Å². The Labute approximate surface area is 124 Å². The summed E-state index contributed by atoms with van der Waals surface area (Å²) >= 11 is 0. The predicted octanol–water partition coefficient (Wildman–Crippen LogP) is 3.89. The molecule has 1 aromatic carbocycles. The lowest BCUT2D eigenvalue weighted by molar-refractivity contribution is -0.0498. The maximum atomic E-state index is 12.1. The van der Waals surface area contributed by atoms with Crippen LogP contribution in [-0.4, -0.2) is 18.2 Å². The molecule has 1 aromatic rings. The number of alkyl halides is 2. The summed E-state index contributed by atoms with van der Waals surface area (Å²) in [4.78, 5) is 0. The van der Waals surface area contributed by atoms with Crippen LogP contribution in [0, 0.1) is 11.3 Å². The topological polar surface area (TPSA) is 45.0 Å². The number of hydrogen-bond acceptors (Lipinski definition) is 3. The Morgan fingerprint density at radius 2 is 1.95 bits per heavy atom. The molecule has 0 aromatic heterocycles. The van der Waals surface area contributed by atoms with Crippen molar-refractivity contribution < 1.29 is 13.5 Å². The van der Waals surface area contributed by atoms with Crippen molar-refractivity contribution in [2.75, 3.05) is 0 Å². The van der Waals surface area contributed by atoms with Gasteiger partial charge in [-0.05, 0) is 50.8 Å². The van der Waals surface area contributed by atoms with Crippen molar-refractivity contribution in [1.29, 1.82) is 5.26 Å². The van der Waals surface area contributed by atoms with E-state index in [1.165, 1.54) is 12.1 Å². The summed E-state index contributed by atoms with van der Waals surface area (Å²) in [5.41, 5.74) is 0.400. The molecule has 0 radical (unpaired) electrons. The van der Waals surface area contributed by atoms with Crippen LogP contribution in [0.25, 0.3) is 0 Å². The highest BCUT2D eigenvalue weighted by Gasteiger charge is 2.24. The molecule has 0 aliphatic carbocycles. The highest BCUT2D eigenvalue weighted by molar-refractivity contribution is 5.27. The Morgan fingerprint density at radius 3 is 2.43 bits per heavy atom. The summed E-state index contributed by atoms with van der Waals surface area (Å²) in [6, 6.07) is 9.13. The maximum absolute atomic E-state index is 12.1. The maximum Gasteiger partial charge on any atom is 0.387 e. The predicted molar refractivity (Wildman–Crippen MR) is 78.3 cm³/mol. The van der Waals surface area contributed by atoms with Crippen LogP contribution in [0.4, 0.5) is 8.78 Å². The molecule has 3 nitrogen and oxygen atoms in total. The van der Waals surface area contributed by atoms with Crippen LogP contribution in [0.1, 0.15) is 39.2 Å². The van der Waals surface area contributed by atoms with E-state index in [0.29, 0.717) is 12.8 Å². The minimum absolute atomic E-state index is 0.148. The Morgan fingerprint density at radius 1 is 1.33 bits per heavy atom. The van der Waals surface area contributed by atoms with Crippen LogP contribution in [0.2, 0.25) is 0 Å². The van der Waals surface area contributed by atoms with E-state index in [9.17, 15) is 14.0 Å². The molecule has 0 fully saturated rings. The van der Waals surface area contributed by atoms with Gasteiger partial charge in [0.15, 0.2) is 0 Å². The van der Waals surface area contributed by atoms with Gasteiger partial charge in [0.2, 0.25) is 0 Å². The van der Waals surface area contributed by atoms with E-state index in [1.54, 1.807) is 12.1 Å². The second kappa shape index (κ2) is 7.94. The monoisotopic (exact) mass is 296 g/mol. The van der Waals surface area contributed by atoms with Gasteiger partial charge in [-0.15, -0.1) is 0 Å². The van der Waals surface area contributed by atoms with Crippen LogP contribution in [-0.2, 0) is 6.42 Å². The van der Waals surface area contributed by atoms with Gasteiger partial charge in [-0.3, -0.25) is 5.32 Å². The lowest BCUT2D eigenvalue weighted by Crippen LogP contribution is -2.46. The van der Waals surface area contributed by atoms with Gasteiger partial charge in [-0.1, -0.05) is 19.1 Å². The van der Waals surface area contributed by atoms with Crippen molar-refractivity contribution in [3.05, 3.63) is 29.8 Å². The molecule has 116 valence electrons. The first kappa shape index (κ1) is 17.4. The Kier molecular flexibility index (Phi) is 6.57. The molecule has 0 aliphatic heterocycles. The standard InChI is InChI=1S/C16H22F2N2O/c1-4-12(2)20-16(3,11-19)10-9-13-5-7-14(8-6-13)21-15(17)18/h5-8,12,15,20H,4,9-10H2,1-3H3. The molecule has 0 saturated carbocycles. The molecule has 1 N–H and O–H groups in total. The third-order valence-electron chi connectivity index (χ3n) is 3.49. The minimum Gasteiger partial charge on any atom is -0.435 e. The first-order valence-electron chi connectivity index (χ1n) is 7.11. The number of nitrogens with one attached hydrogen (secondary N) is 1. The molecule has 2 unspecified atom stereocenters. The summed E-state index contributed by atoms with van der Waals surface area (Å²) in [6.45, 7) is 3.19. The quantitative estimate of drug-likeness (QED) is 0.791. The molecule has 5 heteroatoms. The van der Waals surface area contributed by atoms with Gasteiger partial charge >= 0.3 is 6.61 Å². The molecule has 0 saturated heterocycles. The van der Waals surface area contributed by atoms with Crippen LogP contribution < -0.4 is 10.1 Å². The Bertz CT molecular complexity index is 470. The van der Waals surface area contributed by atoms with Crippen LogP contribution in [0.5, 0.6) is 5.75 Å². The Balaban J connectivity index is 2.59. The summed E-state index contributed by atoms with van der Waals surface area (Å²) in [6.07, 6.45) is 2.31. The molecule has 0 heterocycles. The number of aryl methyl sites for hydroxylation is 1. The minimum atomic E-state index is -2.81. The van der Waals surface area contributed by atoms with Crippen LogP contribution in [0.3, 0.4) is 0 Å². The smallest absolute Gasteiger partial charge is 0.387 e. The molecule has 0 spiro atoms. The fourth-order valence-electron chi connectivity index (χ4n) is 2.04. The zero-order chi connectivity index (χ0) is 15.9.